The van der Waals surface area contributed by atoms with E-state index in [1.807, 2.05) is 18.2 Å². The van der Waals surface area contributed by atoms with Crippen molar-refractivity contribution >= 4 is 16.9 Å². The van der Waals surface area contributed by atoms with Crippen LogP contribution in [0.25, 0.3) is 11.0 Å². The van der Waals surface area contributed by atoms with E-state index in [1.165, 1.54) is 26.4 Å². The van der Waals surface area contributed by atoms with Crippen LogP contribution < -0.4 is 19.6 Å². The van der Waals surface area contributed by atoms with E-state index in [0.717, 1.165) is 5.56 Å². The predicted octanol–water partition coefficient (Wildman–Crippen LogP) is 3.09. The minimum Gasteiger partial charge on any atom is -0.496 e. The molecule has 2 aromatic carbocycles. The highest BCUT2D eigenvalue weighted by molar-refractivity contribution is 5.93. The fourth-order valence-electron chi connectivity index (χ4n) is 2.52. The molecule has 0 aliphatic heterocycles. The summed E-state index contributed by atoms with van der Waals surface area (Å²) in [5, 5.41) is 9.51. The molecule has 0 atom stereocenters. The van der Waals surface area contributed by atoms with Crippen LogP contribution in [-0.2, 0) is 6.61 Å². The van der Waals surface area contributed by atoms with Crippen LogP contribution in [0.1, 0.15) is 16.1 Å². The Hall–Kier alpha value is -3.48. The van der Waals surface area contributed by atoms with E-state index in [-0.39, 0.29) is 29.1 Å². The molecule has 3 rings (SSSR count). The Morgan fingerprint density at radius 1 is 1.12 bits per heavy atom. The lowest BCUT2D eigenvalue weighted by atomic mass is 10.1. The summed E-state index contributed by atoms with van der Waals surface area (Å²) in [7, 11) is 2.83. The number of rotatable bonds is 6. The standard InChI is InChI=1S/C19H16O7/c1-23-12-8-13(24-2)15-14(9-12)26-18(19(21)22)17(16(15)20)25-10-11-6-4-3-5-7-11/h3-9H,10H2,1-2H3,(H,21,22). The fourth-order valence-corrected chi connectivity index (χ4v) is 2.52. The molecule has 0 saturated heterocycles. The highest BCUT2D eigenvalue weighted by Gasteiger charge is 2.24. The van der Waals surface area contributed by atoms with Crippen molar-refractivity contribution in [2.75, 3.05) is 14.2 Å². The average molecular weight is 356 g/mol. The lowest BCUT2D eigenvalue weighted by Crippen LogP contribution is -2.15. The van der Waals surface area contributed by atoms with E-state index in [1.54, 1.807) is 12.1 Å². The monoisotopic (exact) mass is 356 g/mol. The van der Waals surface area contributed by atoms with Gasteiger partial charge in [0.1, 0.15) is 29.1 Å². The highest BCUT2D eigenvalue weighted by atomic mass is 16.5. The Morgan fingerprint density at radius 3 is 2.46 bits per heavy atom. The third kappa shape index (κ3) is 3.19. The van der Waals surface area contributed by atoms with Crippen LogP contribution in [0, 0.1) is 0 Å². The minimum absolute atomic E-state index is 0.0237. The molecule has 0 saturated carbocycles. The molecule has 134 valence electrons. The second-order valence-corrected chi connectivity index (χ2v) is 5.37. The summed E-state index contributed by atoms with van der Waals surface area (Å²) >= 11 is 0. The van der Waals surface area contributed by atoms with Crippen molar-refractivity contribution in [1.82, 2.24) is 0 Å². The van der Waals surface area contributed by atoms with Gasteiger partial charge >= 0.3 is 5.97 Å². The van der Waals surface area contributed by atoms with Gasteiger partial charge in [0, 0.05) is 12.1 Å². The third-order valence-electron chi connectivity index (χ3n) is 3.77. The largest absolute Gasteiger partial charge is 0.496 e. The number of carboxylic acid groups (broad SMARTS) is 1. The second kappa shape index (κ2) is 7.18. The average Bonchev–Trinajstić information content (AvgIpc) is 2.66. The van der Waals surface area contributed by atoms with Crippen molar-refractivity contribution in [2.45, 2.75) is 6.61 Å². The van der Waals surface area contributed by atoms with Crippen molar-refractivity contribution < 1.29 is 28.5 Å². The Bertz CT molecular complexity index is 1010. The molecular weight excluding hydrogens is 340 g/mol. The molecule has 26 heavy (non-hydrogen) atoms. The number of hydrogen-bond donors (Lipinski definition) is 1. The van der Waals surface area contributed by atoms with E-state index < -0.39 is 17.2 Å². The van der Waals surface area contributed by atoms with Gasteiger partial charge in [0.2, 0.25) is 11.2 Å². The number of methoxy groups -OCH3 is 2. The number of carboxylic acids is 1. The maximum absolute atomic E-state index is 12.9. The zero-order valence-corrected chi connectivity index (χ0v) is 14.1. The summed E-state index contributed by atoms with van der Waals surface area (Å²) in [6, 6.07) is 12.0. The first kappa shape index (κ1) is 17.3. The van der Waals surface area contributed by atoms with Crippen molar-refractivity contribution in [3.05, 3.63) is 64.0 Å². The van der Waals surface area contributed by atoms with Crippen molar-refractivity contribution in [2.24, 2.45) is 0 Å². The second-order valence-electron chi connectivity index (χ2n) is 5.37. The van der Waals surface area contributed by atoms with Gasteiger partial charge in [-0.05, 0) is 5.56 Å². The molecule has 7 heteroatoms. The molecule has 0 amide bonds. The van der Waals surface area contributed by atoms with Crippen LogP contribution in [0.3, 0.4) is 0 Å². The van der Waals surface area contributed by atoms with Crippen molar-refractivity contribution in [3.63, 3.8) is 0 Å². The van der Waals surface area contributed by atoms with Gasteiger partial charge in [-0.3, -0.25) is 4.79 Å². The summed E-state index contributed by atoms with van der Waals surface area (Å²) < 4.78 is 21.3. The Balaban J connectivity index is 2.17. The number of fused-ring (bicyclic) bond motifs is 1. The van der Waals surface area contributed by atoms with Crippen LogP contribution in [-0.4, -0.2) is 25.3 Å². The number of ether oxygens (including phenoxy) is 3. The maximum atomic E-state index is 12.9. The van der Waals surface area contributed by atoms with Gasteiger partial charge in [0.05, 0.1) is 14.2 Å². The summed E-state index contributed by atoms with van der Waals surface area (Å²) in [6.45, 7) is 0.0237. The summed E-state index contributed by atoms with van der Waals surface area (Å²) in [5.41, 5.74) is 0.194. The van der Waals surface area contributed by atoms with E-state index in [9.17, 15) is 14.7 Å². The fraction of sp³-hybridized carbons (Fsp3) is 0.158. The Morgan fingerprint density at radius 2 is 1.85 bits per heavy atom. The molecule has 1 aromatic heterocycles. The van der Waals surface area contributed by atoms with E-state index in [4.69, 9.17) is 18.6 Å². The number of hydrogen-bond acceptors (Lipinski definition) is 6. The first-order valence-corrected chi connectivity index (χ1v) is 7.68. The van der Waals surface area contributed by atoms with Gasteiger partial charge in [0.25, 0.3) is 5.76 Å². The number of aromatic carboxylic acids is 1. The minimum atomic E-state index is -1.41. The van der Waals surface area contributed by atoms with Crippen molar-refractivity contribution in [1.29, 1.82) is 0 Å². The molecule has 0 unspecified atom stereocenters. The van der Waals surface area contributed by atoms with Crippen LogP contribution in [0.4, 0.5) is 0 Å². The first-order chi connectivity index (χ1) is 12.5. The molecule has 1 N–H and O–H groups in total. The highest BCUT2D eigenvalue weighted by Crippen LogP contribution is 2.32. The summed E-state index contributed by atoms with van der Waals surface area (Å²) in [5.74, 6) is -1.79. The van der Waals surface area contributed by atoms with Gasteiger partial charge in [-0.25, -0.2) is 4.79 Å². The normalized spacial score (nSPS) is 10.5. The first-order valence-electron chi connectivity index (χ1n) is 7.68. The molecule has 0 bridgehead atoms. The van der Waals surface area contributed by atoms with Crippen LogP contribution in [0.5, 0.6) is 17.2 Å². The molecular formula is C19H16O7. The van der Waals surface area contributed by atoms with Gasteiger partial charge in [-0.1, -0.05) is 30.3 Å². The molecule has 0 aliphatic carbocycles. The van der Waals surface area contributed by atoms with Crippen molar-refractivity contribution in [3.8, 4) is 17.2 Å². The van der Waals surface area contributed by atoms with Gasteiger partial charge < -0.3 is 23.7 Å². The Kier molecular flexibility index (Phi) is 4.79. The molecule has 0 radical (unpaired) electrons. The SMILES string of the molecule is COc1cc(OC)c2c(=O)c(OCc3ccccc3)c(C(=O)O)oc2c1. The lowest BCUT2D eigenvalue weighted by Gasteiger charge is -2.12. The number of benzene rings is 2. The Labute approximate surface area is 148 Å². The molecule has 1 heterocycles. The quantitative estimate of drug-likeness (QED) is 0.725. The van der Waals surface area contributed by atoms with E-state index in [0.29, 0.717) is 5.75 Å². The molecule has 3 aromatic rings. The van der Waals surface area contributed by atoms with Gasteiger partial charge in [0.15, 0.2) is 0 Å². The maximum Gasteiger partial charge on any atom is 0.375 e. The smallest absolute Gasteiger partial charge is 0.375 e. The van der Waals surface area contributed by atoms with Crippen LogP contribution >= 0.6 is 0 Å². The lowest BCUT2D eigenvalue weighted by molar-refractivity contribution is 0.0654. The molecule has 0 fully saturated rings. The number of carbonyl (C=O) groups is 1. The third-order valence-corrected chi connectivity index (χ3v) is 3.77. The summed E-state index contributed by atoms with van der Waals surface area (Å²) in [4.78, 5) is 24.4. The van der Waals surface area contributed by atoms with E-state index in [2.05, 4.69) is 0 Å². The van der Waals surface area contributed by atoms with Crippen LogP contribution in [0.15, 0.2) is 51.7 Å². The van der Waals surface area contributed by atoms with E-state index >= 15 is 0 Å². The zero-order valence-electron chi connectivity index (χ0n) is 14.1. The predicted molar refractivity (Wildman–Crippen MR) is 93.3 cm³/mol. The zero-order chi connectivity index (χ0) is 18.7. The summed E-state index contributed by atoms with van der Waals surface area (Å²) in [6.07, 6.45) is 0. The molecule has 7 nitrogen and oxygen atoms in total. The van der Waals surface area contributed by atoms with Gasteiger partial charge in [-0.15, -0.1) is 0 Å². The van der Waals surface area contributed by atoms with Crippen LogP contribution in [0.2, 0.25) is 0 Å². The topological polar surface area (TPSA) is 95.2 Å². The molecule has 0 spiro atoms. The molecule has 0 aliphatic rings. The van der Waals surface area contributed by atoms with Gasteiger partial charge in [-0.2, -0.15) is 0 Å².